The van der Waals surface area contributed by atoms with Gasteiger partial charge in [-0.1, -0.05) is 12.5 Å². The molecule has 0 bridgehead atoms. The van der Waals surface area contributed by atoms with Gasteiger partial charge in [-0.3, -0.25) is 10.1 Å². The molecular formula is C16H20ClN3OS. The summed E-state index contributed by atoms with van der Waals surface area (Å²) < 4.78 is 0. The van der Waals surface area contributed by atoms with Gasteiger partial charge in [-0.25, -0.2) is 4.98 Å². The Hall–Kier alpha value is -1.59. The van der Waals surface area contributed by atoms with E-state index in [1.807, 2.05) is 13.0 Å². The van der Waals surface area contributed by atoms with Crippen molar-refractivity contribution in [2.75, 3.05) is 11.1 Å². The van der Waals surface area contributed by atoms with Gasteiger partial charge in [0.25, 0.3) is 5.91 Å². The van der Waals surface area contributed by atoms with Crippen LogP contribution in [0.3, 0.4) is 0 Å². The number of carbonyl (C=O) groups is 1. The number of thiazole rings is 1. The number of anilines is 2. The van der Waals surface area contributed by atoms with Crippen molar-refractivity contribution in [1.82, 2.24) is 4.98 Å². The molecule has 3 rings (SSSR count). The van der Waals surface area contributed by atoms with E-state index in [-0.39, 0.29) is 18.3 Å². The van der Waals surface area contributed by atoms with Gasteiger partial charge in [-0.2, -0.15) is 0 Å². The summed E-state index contributed by atoms with van der Waals surface area (Å²) in [6, 6.07) is 5.38. The van der Waals surface area contributed by atoms with Gasteiger partial charge in [0, 0.05) is 16.1 Å². The molecular weight excluding hydrogens is 318 g/mol. The Morgan fingerprint density at radius 1 is 1.27 bits per heavy atom. The lowest BCUT2D eigenvalue weighted by atomic mass is 10.1. The SMILES string of the molecule is Cc1ccc(N)cc1C(=O)Nc1nc2c(s1)CCCCC2.Cl. The van der Waals surface area contributed by atoms with E-state index in [1.54, 1.807) is 23.5 Å². The smallest absolute Gasteiger partial charge is 0.257 e. The second-order valence-corrected chi connectivity index (χ2v) is 6.56. The number of rotatable bonds is 2. The number of benzene rings is 1. The molecule has 22 heavy (non-hydrogen) atoms. The van der Waals surface area contributed by atoms with E-state index >= 15 is 0 Å². The van der Waals surface area contributed by atoms with Crippen molar-refractivity contribution in [2.24, 2.45) is 0 Å². The van der Waals surface area contributed by atoms with Gasteiger partial charge in [-0.15, -0.1) is 23.7 Å². The molecule has 1 aliphatic carbocycles. The maximum Gasteiger partial charge on any atom is 0.257 e. The minimum atomic E-state index is -0.135. The first-order valence-electron chi connectivity index (χ1n) is 7.29. The van der Waals surface area contributed by atoms with Crippen molar-refractivity contribution in [3.8, 4) is 0 Å². The summed E-state index contributed by atoms with van der Waals surface area (Å²) in [5.74, 6) is -0.135. The van der Waals surface area contributed by atoms with E-state index in [9.17, 15) is 4.79 Å². The Labute approximate surface area is 140 Å². The van der Waals surface area contributed by atoms with Crippen LogP contribution in [0.1, 0.15) is 45.8 Å². The number of nitrogens with two attached hydrogens (primary N) is 1. The monoisotopic (exact) mass is 337 g/mol. The quantitative estimate of drug-likeness (QED) is 0.643. The van der Waals surface area contributed by atoms with Gasteiger partial charge in [0.2, 0.25) is 0 Å². The van der Waals surface area contributed by atoms with Crippen LogP contribution in [0, 0.1) is 6.92 Å². The molecule has 1 heterocycles. The van der Waals surface area contributed by atoms with Crippen LogP contribution in [-0.2, 0) is 12.8 Å². The van der Waals surface area contributed by atoms with Gasteiger partial charge in [-0.05, 0) is 50.3 Å². The van der Waals surface area contributed by atoms with Crippen LogP contribution in [-0.4, -0.2) is 10.9 Å². The molecule has 0 spiro atoms. The van der Waals surface area contributed by atoms with Crippen molar-refractivity contribution in [1.29, 1.82) is 0 Å². The van der Waals surface area contributed by atoms with Crippen LogP contribution in [0.15, 0.2) is 18.2 Å². The average Bonchev–Trinajstić information content (AvgIpc) is 2.70. The van der Waals surface area contributed by atoms with Crippen molar-refractivity contribution in [2.45, 2.75) is 39.0 Å². The number of hydrogen-bond acceptors (Lipinski definition) is 4. The van der Waals surface area contributed by atoms with Gasteiger partial charge >= 0.3 is 0 Å². The Morgan fingerprint density at radius 3 is 2.86 bits per heavy atom. The van der Waals surface area contributed by atoms with Crippen molar-refractivity contribution < 1.29 is 4.79 Å². The van der Waals surface area contributed by atoms with Crippen LogP contribution >= 0.6 is 23.7 Å². The largest absolute Gasteiger partial charge is 0.399 e. The fourth-order valence-corrected chi connectivity index (χ4v) is 3.68. The van der Waals surface area contributed by atoms with E-state index in [1.165, 1.54) is 24.1 Å². The second-order valence-electron chi connectivity index (χ2n) is 5.48. The molecule has 1 aromatic heterocycles. The number of hydrogen-bond donors (Lipinski definition) is 2. The molecule has 4 nitrogen and oxygen atoms in total. The normalized spacial score (nSPS) is 13.7. The molecule has 0 fully saturated rings. The fraction of sp³-hybridized carbons (Fsp3) is 0.375. The van der Waals surface area contributed by atoms with E-state index in [2.05, 4.69) is 10.3 Å². The average molecular weight is 338 g/mol. The van der Waals surface area contributed by atoms with Gasteiger partial charge in [0.15, 0.2) is 5.13 Å². The molecule has 0 aliphatic heterocycles. The summed E-state index contributed by atoms with van der Waals surface area (Å²) in [5.41, 5.74) is 9.05. The molecule has 6 heteroatoms. The number of nitrogens with one attached hydrogen (secondary N) is 1. The lowest BCUT2D eigenvalue weighted by molar-refractivity contribution is 0.102. The zero-order chi connectivity index (χ0) is 14.8. The van der Waals surface area contributed by atoms with E-state index in [0.29, 0.717) is 16.4 Å². The predicted octanol–water partition coefficient (Wildman–Crippen LogP) is 3.98. The van der Waals surface area contributed by atoms with E-state index in [4.69, 9.17) is 5.73 Å². The molecule has 1 amide bonds. The summed E-state index contributed by atoms with van der Waals surface area (Å²) in [6.45, 7) is 1.91. The Morgan fingerprint density at radius 2 is 2.05 bits per heavy atom. The molecule has 0 radical (unpaired) electrons. The van der Waals surface area contributed by atoms with Crippen LogP contribution in [0.4, 0.5) is 10.8 Å². The first-order valence-corrected chi connectivity index (χ1v) is 8.11. The third-order valence-electron chi connectivity index (χ3n) is 3.82. The lowest BCUT2D eigenvalue weighted by Crippen LogP contribution is -2.13. The molecule has 118 valence electrons. The number of aryl methyl sites for hydroxylation is 3. The van der Waals surface area contributed by atoms with Crippen molar-refractivity contribution >= 4 is 40.5 Å². The van der Waals surface area contributed by atoms with Gasteiger partial charge < -0.3 is 5.73 Å². The maximum absolute atomic E-state index is 12.4. The minimum absolute atomic E-state index is 0. The molecule has 0 saturated heterocycles. The summed E-state index contributed by atoms with van der Waals surface area (Å²) in [5, 5.41) is 3.62. The number of nitrogen functional groups attached to an aromatic ring is 1. The number of amides is 1. The first kappa shape index (κ1) is 16.8. The summed E-state index contributed by atoms with van der Waals surface area (Å²) in [7, 11) is 0. The molecule has 1 aromatic carbocycles. The Kier molecular flexibility index (Phi) is 5.42. The molecule has 1 aliphatic rings. The summed E-state index contributed by atoms with van der Waals surface area (Å²) in [4.78, 5) is 18.3. The zero-order valence-corrected chi connectivity index (χ0v) is 14.1. The van der Waals surface area contributed by atoms with Crippen molar-refractivity contribution in [3.63, 3.8) is 0 Å². The number of carbonyl (C=O) groups excluding carboxylic acids is 1. The van der Waals surface area contributed by atoms with Gasteiger partial charge in [0.1, 0.15) is 0 Å². The number of nitrogens with zero attached hydrogens (tertiary/aromatic N) is 1. The fourth-order valence-electron chi connectivity index (χ4n) is 2.63. The van der Waals surface area contributed by atoms with E-state index in [0.717, 1.165) is 24.1 Å². The topological polar surface area (TPSA) is 68.0 Å². The maximum atomic E-state index is 12.4. The van der Waals surface area contributed by atoms with Crippen LogP contribution in [0.2, 0.25) is 0 Å². The third kappa shape index (κ3) is 3.59. The molecule has 0 saturated carbocycles. The third-order valence-corrected chi connectivity index (χ3v) is 4.90. The zero-order valence-electron chi connectivity index (χ0n) is 12.5. The highest BCUT2D eigenvalue weighted by atomic mass is 35.5. The number of aromatic nitrogens is 1. The highest BCUT2D eigenvalue weighted by molar-refractivity contribution is 7.15. The minimum Gasteiger partial charge on any atom is -0.399 e. The highest BCUT2D eigenvalue weighted by Gasteiger charge is 2.16. The molecule has 0 unspecified atom stereocenters. The van der Waals surface area contributed by atoms with Gasteiger partial charge in [0.05, 0.1) is 5.69 Å². The highest BCUT2D eigenvalue weighted by Crippen LogP contribution is 2.29. The van der Waals surface area contributed by atoms with Crippen molar-refractivity contribution in [3.05, 3.63) is 39.9 Å². The van der Waals surface area contributed by atoms with E-state index < -0.39 is 0 Å². The summed E-state index contributed by atoms with van der Waals surface area (Å²) >= 11 is 1.61. The first-order chi connectivity index (χ1) is 10.1. The summed E-state index contributed by atoms with van der Waals surface area (Å²) in [6.07, 6.45) is 5.79. The number of fused-ring (bicyclic) bond motifs is 1. The van der Waals surface area contributed by atoms with Crippen LogP contribution in [0.25, 0.3) is 0 Å². The standard InChI is InChI=1S/C16H19N3OS.ClH/c1-10-7-8-11(17)9-12(10)15(20)19-16-18-13-5-3-2-4-6-14(13)21-16;/h7-9H,2-6,17H2,1H3,(H,18,19,20);1H. The van der Waals surface area contributed by atoms with Crippen LogP contribution < -0.4 is 11.1 Å². The predicted molar refractivity (Wildman–Crippen MR) is 94.2 cm³/mol. The van der Waals surface area contributed by atoms with Crippen LogP contribution in [0.5, 0.6) is 0 Å². The lowest BCUT2D eigenvalue weighted by Gasteiger charge is -2.06. The Balaban J connectivity index is 0.00000176. The Bertz CT molecular complexity index is 661. The molecule has 2 aromatic rings. The number of halogens is 1. The second kappa shape index (κ2) is 7.11. The molecule has 0 atom stereocenters. The molecule has 3 N–H and O–H groups in total.